The fourth-order valence-electron chi connectivity index (χ4n) is 1.09. The minimum atomic E-state index is -1.66. The maximum absolute atomic E-state index is 13.4. The second-order valence-electron chi connectivity index (χ2n) is 4.91. The van der Waals surface area contributed by atoms with Crippen LogP contribution in [-0.2, 0) is 0 Å². The molecule has 0 amide bonds. The van der Waals surface area contributed by atoms with Crippen LogP contribution < -0.4 is 10.2 Å². The molecule has 0 atom stereocenters. The second kappa shape index (κ2) is 4.85. The van der Waals surface area contributed by atoms with Crippen LogP contribution in [0.2, 0.25) is 0 Å². The van der Waals surface area contributed by atoms with Gasteiger partial charge in [0, 0.05) is 0 Å². The summed E-state index contributed by atoms with van der Waals surface area (Å²) in [6.45, 7) is 6.34. The van der Waals surface area contributed by atoms with E-state index in [-0.39, 0.29) is 16.6 Å². The van der Waals surface area contributed by atoms with Crippen molar-refractivity contribution in [1.29, 1.82) is 0 Å². The molecule has 16 heavy (non-hydrogen) atoms. The summed E-state index contributed by atoms with van der Waals surface area (Å²) < 4.78 is 18.7. The van der Waals surface area contributed by atoms with Gasteiger partial charge in [-0.25, -0.2) is 4.39 Å². The van der Waals surface area contributed by atoms with Gasteiger partial charge < -0.3 is 14.8 Å². The van der Waals surface area contributed by atoms with E-state index in [4.69, 9.17) is 14.8 Å². The lowest BCUT2D eigenvalue weighted by Crippen LogP contribution is -2.30. The molecule has 0 fully saturated rings. The molecule has 5 heteroatoms. The van der Waals surface area contributed by atoms with Gasteiger partial charge >= 0.3 is 7.12 Å². The molecule has 0 aliphatic carbocycles. The molecule has 0 saturated heterocycles. The molecule has 0 aromatic heterocycles. The first kappa shape index (κ1) is 13.0. The predicted molar refractivity (Wildman–Crippen MR) is 61.2 cm³/mol. The average molecular weight is 226 g/mol. The minimum absolute atomic E-state index is 0.0540. The first-order chi connectivity index (χ1) is 7.29. The summed E-state index contributed by atoms with van der Waals surface area (Å²) >= 11 is 0. The Hall–Kier alpha value is -1.07. The van der Waals surface area contributed by atoms with E-state index in [1.54, 1.807) is 0 Å². The Bertz CT molecular complexity index is 361. The van der Waals surface area contributed by atoms with Crippen LogP contribution in [-0.4, -0.2) is 23.8 Å². The summed E-state index contributed by atoms with van der Waals surface area (Å²) in [7, 11) is -1.66. The predicted octanol–water partition coefficient (Wildman–Crippen LogP) is 0.930. The number of ether oxygens (including phenoxy) is 1. The molecule has 1 aromatic carbocycles. The lowest BCUT2D eigenvalue weighted by atomic mass is 9.80. The smallest absolute Gasteiger partial charge is 0.488 e. The number of benzene rings is 1. The summed E-state index contributed by atoms with van der Waals surface area (Å²) in [6, 6.07) is 3.88. The maximum atomic E-state index is 13.4. The van der Waals surface area contributed by atoms with Crippen LogP contribution in [0.5, 0.6) is 5.75 Å². The molecule has 0 saturated carbocycles. The van der Waals surface area contributed by atoms with Gasteiger partial charge in [-0.2, -0.15) is 0 Å². The normalized spacial score (nSPS) is 11.4. The Kier molecular flexibility index (Phi) is 3.94. The summed E-state index contributed by atoms with van der Waals surface area (Å²) in [5.41, 5.74) is 0.0577. The Labute approximate surface area is 95.0 Å². The quantitative estimate of drug-likeness (QED) is 0.753. The Balaban J connectivity index is 2.76. The fourth-order valence-corrected chi connectivity index (χ4v) is 1.09. The molecule has 0 aliphatic rings. The highest BCUT2D eigenvalue weighted by Crippen LogP contribution is 2.19. The Morgan fingerprint density at radius 1 is 1.31 bits per heavy atom. The Morgan fingerprint density at radius 3 is 2.38 bits per heavy atom. The van der Waals surface area contributed by atoms with Crippen LogP contribution in [0, 0.1) is 11.2 Å². The molecule has 0 bridgehead atoms. The summed E-state index contributed by atoms with van der Waals surface area (Å²) in [5.74, 6) is -0.464. The zero-order valence-electron chi connectivity index (χ0n) is 9.70. The maximum Gasteiger partial charge on any atom is 0.488 e. The van der Waals surface area contributed by atoms with Gasteiger partial charge in [-0.1, -0.05) is 26.8 Å². The van der Waals surface area contributed by atoms with Crippen LogP contribution in [0.4, 0.5) is 4.39 Å². The van der Waals surface area contributed by atoms with E-state index in [0.717, 1.165) is 6.07 Å². The van der Waals surface area contributed by atoms with Crippen molar-refractivity contribution < 1.29 is 19.2 Å². The topological polar surface area (TPSA) is 49.7 Å². The minimum Gasteiger partial charge on any atom is -0.490 e. The van der Waals surface area contributed by atoms with E-state index >= 15 is 0 Å². The van der Waals surface area contributed by atoms with Crippen LogP contribution in [0.15, 0.2) is 18.2 Å². The molecule has 1 aromatic rings. The third-order valence-corrected chi connectivity index (χ3v) is 1.91. The van der Waals surface area contributed by atoms with E-state index in [2.05, 4.69) is 0 Å². The highest BCUT2D eigenvalue weighted by atomic mass is 19.1. The number of rotatable bonds is 3. The van der Waals surface area contributed by atoms with Gasteiger partial charge in [0.25, 0.3) is 0 Å². The fraction of sp³-hybridized carbons (Fsp3) is 0.455. The highest BCUT2D eigenvalue weighted by Gasteiger charge is 2.16. The van der Waals surface area contributed by atoms with Gasteiger partial charge in [0.2, 0.25) is 0 Å². The van der Waals surface area contributed by atoms with Crippen LogP contribution in [0.3, 0.4) is 0 Å². The van der Waals surface area contributed by atoms with Crippen molar-refractivity contribution >= 4 is 12.6 Å². The van der Waals surface area contributed by atoms with E-state index in [1.165, 1.54) is 12.1 Å². The number of halogens is 1. The number of hydrogen-bond donors (Lipinski definition) is 2. The van der Waals surface area contributed by atoms with Gasteiger partial charge in [-0.3, -0.25) is 0 Å². The van der Waals surface area contributed by atoms with Gasteiger partial charge in [-0.15, -0.1) is 0 Å². The molecule has 3 nitrogen and oxygen atoms in total. The average Bonchev–Trinajstić information content (AvgIpc) is 2.14. The zero-order valence-corrected chi connectivity index (χ0v) is 9.70. The van der Waals surface area contributed by atoms with E-state index in [1.807, 2.05) is 20.8 Å². The molecule has 2 N–H and O–H groups in total. The molecular weight excluding hydrogens is 210 g/mol. The zero-order chi connectivity index (χ0) is 12.3. The SMILES string of the molecule is CC(C)(C)COc1ccc(B(O)O)cc1F. The van der Waals surface area contributed by atoms with Crippen molar-refractivity contribution in [3.05, 3.63) is 24.0 Å². The molecular formula is C11H16BFO3. The third-order valence-electron chi connectivity index (χ3n) is 1.91. The lowest BCUT2D eigenvalue weighted by molar-refractivity contribution is 0.191. The summed E-state index contributed by atoms with van der Waals surface area (Å²) in [4.78, 5) is 0. The molecule has 0 unspecified atom stereocenters. The van der Waals surface area contributed by atoms with Gasteiger partial charge in [-0.05, 0) is 23.0 Å². The van der Waals surface area contributed by atoms with Crippen molar-refractivity contribution in [1.82, 2.24) is 0 Å². The van der Waals surface area contributed by atoms with Crippen molar-refractivity contribution in [3.8, 4) is 5.75 Å². The van der Waals surface area contributed by atoms with Crippen LogP contribution in [0.1, 0.15) is 20.8 Å². The molecule has 0 heterocycles. The molecule has 0 aliphatic heterocycles. The van der Waals surface area contributed by atoms with Gasteiger partial charge in [0.1, 0.15) is 0 Å². The number of hydrogen-bond acceptors (Lipinski definition) is 3. The van der Waals surface area contributed by atoms with Crippen molar-refractivity contribution in [2.45, 2.75) is 20.8 Å². The van der Waals surface area contributed by atoms with E-state index in [9.17, 15) is 4.39 Å². The molecule has 0 spiro atoms. The first-order valence-electron chi connectivity index (χ1n) is 5.08. The highest BCUT2D eigenvalue weighted by molar-refractivity contribution is 6.58. The van der Waals surface area contributed by atoms with Crippen molar-refractivity contribution in [2.75, 3.05) is 6.61 Å². The monoisotopic (exact) mass is 226 g/mol. The first-order valence-corrected chi connectivity index (χ1v) is 5.08. The summed E-state index contributed by atoms with van der Waals surface area (Å²) in [5, 5.41) is 17.7. The Morgan fingerprint density at radius 2 is 1.94 bits per heavy atom. The van der Waals surface area contributed by atoms with Gasteiger partial charge in [0.15, 0.2) is 11.6 Å². The van der Waals surface area contributed by atoms with E-state index < -0.39 is 12.9 Å². The molecule has 0 radical (unpaired) electrons. The standard InChI is InChI=1S/C11H16BFO3/c1-11(2,3)7-16-10-5-4-8(12(14)15)6-9(10)13/h4-6,14-15H,7H2,1-3H3. The van der Waals surface area contributed by atoms with Gasteiger partial charge in [0.05, 0.1) is 6.61 Å². The van der Waals surface area contributed by atoms with Crippen LogP contribution in [0.25, 0.3) is 0 Å². The second-order valence-corrected chi connectivity index (χ2v) is 4.91. The largest absolute Gasteiger partial charge is 0.490 e. The summed E-state index contributed by atoms with van der Waals surface area (Å²) in [6.07, 6.45) is 0. The van der Waals surface area contributed by atoms with Crippen molar-refractivity contribution in [3.63, 3.8) is 0 Å². The van der Waals surface area contributed by atoms with E-state index in [0.29, 0.717) is 6.61 Å². The lowest BCUT2D eigenvalue weighted by Gasteiger charge is -2.19. The molecule has 1 rings (SSSR count). The van der Waals surface area contributed by atoms with Crippen molar-refractivity contribution in [2.24, 2.45) is 5.41 Å². The third kappa shape index (κ3) is 3.83. The van der Waals surface area contributed by atoms with Crippen LogP contribution >= 0.6 is 0 Å². The molecule has 88 valence electrons.